The molecule has 5 nitrogen and oxygen atoms in total. The second-order valence-electron chi connectivity index (χ2n) is 3.57. The Labute approximate surface area is 99.1 Å². The minimum Gasteiger partial charge on any atom is -0.337 e. The molecule has 0 atom stereocenters. The molecular formula is C10H14ClN5. The molecule has 16 heavy (non-hydrogen) atoms. The fourth-order valence-electron chi connectivity index (χ4n) is 1.49. The molecule has 0 aliphatic rings. The minimum atomic E-state index is 0.591. The fraction of sp³-hybridized carbons (Fsp3) is 0.500. The highest BCUT2D eigenvalue weighted by Gasteiger charge is 1.99. The predicted molar refractivity (Wildman–Crippen MR) is 61.3 cm³/mol. The summed E-state index contributed by atoms with van der Waals surface area (Å²) in [6, 6.07) is 0. The van der Waals surface area contributed by atoms with Gasteiger partial charge in [0, 0.05) is 44.0 Å². The van der Waals surface area contributed by atoms with Gasteiger partial charge in [-0.3, -0.25) is 4.68 Å². The van der Waals surface area contributed by atoms with Gasteiger partial charge in [0.05, 0.1) is 12.0 Å². The lowest BCUT2D eigenvalue weighted by Crippen LogP contribution is -2.03. The molecule has 2 aromatic heterocycles. The Morgan fingerprint density at radius 1 is 1.31 bits per heavy atom. The summed E-state index contributed by atoms with van der Waals surface area (Å²) in [5, 5.41) is 8.07. The number of aryl methyl sites for hydroxylation is 3. The van der Waals surface area contributed by atoms with Crippen molar-refractivity contribution < 1.29 is 0 Å². The summed E-state index contributed by atoms with van der Waals surface area (Å²) in [7, 11) is 0. The number of alkyl halides is 1. The zero-order valence-electron chi connectivity index (χ0n) is 8.96. The van der Waals surface area contributed by atoms with E-state index in [0.29, 0.717) is 5.88 Å². The monoisotopic (exact) mass is 239 g/mol. The Morgan fingerprint density at radius 3 is 3.00 bits per heavy atom. The Bertz CT molecular complexity index is 409. The molecule has 2 heterocycles. The fourth-order valence-corrected chi connectivity index (χ4v) is 1.69. The van der Waals surface area contributed by atoms with Crippen molar-refractivity contribution in [3.05, 3.63) is 30.6 Å². The highest BCUT2D eigenvalue weighted by atomic mass is 35.5. The number of hydrogen-bond acceptors (Lipinski definition) is 3. The molecule has 0 saturated heterocycles. The van der Waals surface area contributed by atoms with Crippen LogP contribution in [-0.2, 0) is 19.5 Å². The van der Waals surface area contributed by atoms with Crippen LogP contribution in [-0.4, -0.2) is 30.4 Å². The molecule has 0 radical (unpaired) electrons. The van der Waals surface area contributed by atoms with Crippen LogP contribution in [0.5, 0.6) is 0 Å². The lowest BCUT2D eigenvalue weighted by Gasteiger charge is -2.01. The quantitative estimate of drug-likeness (QED) is 0.715. The van der Waals surface area contributed by atoms with Crippen molar-refractivity contribution in [2.45, 2.75) is 25.9 Å². The highest BCUT2D eigenvalue weighted by Crippen LogP contribution is 1.98. The molecule has 2 rings (SSSR count). The Balaban J connectivity index is 1.76. The van der Waals surface area contributed by atoms with E-state index < -0.39 is 0 Å². The zero-order chi connectivity index (χ0) is 11.2. The standard InChI is InChI=1S/C10H14ClN5/c11-3-2-10-8-16(14-13-10)6-1-5-15-7-4-12-9-15/h4,7-9H,1-3,5-6H2. The number of imidazole rings is 1. The van der Waals surface area contributed by atoms with E-state index in [2.05, 4.69) is 19.9 Å². The van der Waals surface area contributed by atoms with E-state index in [4.69, 9.17) is 11.6 Å². The van der Waals surface area contributed by atoms with Crippen LogP contribution >= 0.6 is 11.6 Å². The minimum absolute atomic E-state index is 0.591. The van der Waals surface area contributed by atoms with E-state index in [1.807, 2.05) is 23.4 Å². The SMILES string of the molecule is ClCCc1cn(CCCn2ccnc2)nn1. The van der Waals surface area contributed by atoms with Gasteiger partial charge < -0.3 is 4.57 Å². The molecule has 0 aliphatic heterocycles. The van der Waals surface area contributed by atoms with Gasteiger partial charge in [-0.2, -0.15) is 0 Å². The van der Waals surface area contributed by atoms with Gasteiger partial charge in [-0.1, -0.05) is 5.21 Å². The molecule has 0 saturated carbocycles. The van der Waals surface area contributed by atoms with Crippen molar-refractivity contribution in [1.29, 1.82) is 0 Å². The molecule has 0 fully saturated rings. The number of aromatic nitrogens is 5. The topological polar surface area (TPSA) is 48.5 Å². The van der Waals surface area contributed by atoms with Crippen LogP contribution in [0.15, 0.2) is 24.9 Å². The van der Waals surface area contributed by atoms with Crippen LogP contribution in [0.1, 0.15) is 12.1 Å². The van der Waals surface area contributed by atoms with Crippen molar-refractivity contribution in [2.75, 3.05) is 5.88 Å². The molecule has 0 N–H and O–H groups in total. The molecule has 2 aromatic rings. The van der Waals surface area contributed by atoms with Crippen molar-refractivity contribution in [3.63, 3.8) is 0 Å². The highest BCUT2D eigenvalue weighted by molar-refractivity contribution is 6.17. The van der Waals surface area contributed by atoms with E-state index in [0.717, 1.165) is 31.6 Å². The second kappa shape index (κ2) is 5.65. The number of nitrogens with zero attached hydrogens (tertiary/aromatic N) is 5. The van der Waals surface area contributed by atoms with Gasteiger partial charge in [0.2, 0.25) is 0 Å². The van der Waals surface area contributed by atoms with Gasteiger partial charge in [0.15, 0.2) is 0 Å². The predicted octanol–water partition coefficient (Wildman–Crippen LogP) is 1.35. The average molecular weight is 240 g/mol. The molecule has 0 spiro atoms. The summed E-state index contributed by atoms with van der Waals surface area (Å²) in [4.78, 5) is 3.99. The Kier molecular flexibility index (Phi) is 3.93. The third kappa shape index (κ3) is 3.06. The summed E-state index contributed by atoms with van der Waals surface area (Å²) in [5.74, 6) is 0.591. The zero-order valence-corrected chi connectivity index (χ0v) is 9.71. The summed E-state index contributed by atoms with van der Waals surface area (Å²) in [6.45, 7) is 1.82. The third-order valence-corrected chi connectivity index (χ3v) is 2.49. The van der Waals surface area contributed by atoms with Crippen molar-refractivity contribution in [1.82, 2.24) is 24.5 Å². The summed E-state index contributed by atoms with van der Waals surface area (Å²) < 4.78 is 3.91. The van der Waals surface area contributed by atoms with Gasteiger partial charge in [-0.25, -0.2) is 4.98 Å². The average Bonchev–Trinajstić information content (AvgIpc) is 2.90. The molecule has 86 valence electrons. The van der Waals surface area contributed by atoms with Gasteiger partial charge in [0.1, 0.15) is 0 Å². The molecule has 0 bridgehead atoms. The maximum atomic E-state index is 5.63. The van der Waals surface area contributed by atoms with Crippen LogP contribution in [0.25, 0.3) is 0 Å². The van der Waals surface area contributed by atoms with Gasteiger partial charge in [-0.05, 0) is 6.42 Å². The molecular weight excluding hydrogens is 226 g/mol. The normalized spacial score (nSPS) is 10.8. The van der Waals surface area contributed by atoms with Crippen molar-refractivity contribution >= 4 is 11.6 Å². The van der Waals surface area contributed by atoms with E-state index >= 15 is 0 Å². The van der Waals surface area contributed by atoms with Crippen LogP contribution in [0.3, 0.4) is 0 Å². The molecule has 0 unspecified atom stereocenters. The molecule has 0 amide bonds. The smallest absolute Gasteiger partial charge is 0.0945 e. The van der Waals surface area contributed by atoms with Crippen LogP contribution in [0.4, 0.5) is 0 Å². The lowest BCUT2D eigenvalue weighted by atomic mass is 10.4. The number of halogens is 1. The third-order valence-electron chi connectivity index (χ3n) is 2.30. The van der Waals surface area contributed by atoms with E-state index in [1.54, 1.807) is 6.20 Å². The first-order chi connectivity index (χ1) is 7.88. The van der Waals surface area contributed by atoms with Gasteiger partial charge in [-0.15, -0.1) is 16.7 Å². The maximum absolute atomic E-state index is 5.63. The van der Waals surface area contributed by atoms with Crippen LogP contribution in [0, 0.1) is 0 Å². The summed E-state index contributed by atoms with van der Waals surface area (Å²) in [5.41, 5.74) is 0.956. The van der Waals surface area contributed by atoms with E-state index in [9.17, 15) is 0 Å². The van der Waals surface area contributed by atoms with Crippen molar-refractivity contribution in [3.8, 4) is 0 Å². The lowest BCUT2D eigenvalue weighted by molar-refractivity contribution is 0.514. The number of rotatable bonds is 6. The molecule has 0 aromatic carbocycles. The van der Waals surface area contributed by atoms with Gasteiger partial charge in [0.25, 0.3) is 0 Å². The van der Waals surface area contributed by atoms with E-state index in [-0.39, 0.29) is 0 Å². The van der Waals surface area contributed by atoms with Crippen LogP contribution in [0.2, 0.25) is 0 Å². The first kappa shape index (κ1) is 11.1. The van der Waals surface area contributed by atoms with Crippen LogP contribution < -0.4 is 0 Å². The largest absolute Gasteiger partial charge is 0.337 e. The summed E-state index contributed by atoms with van der Waals surface area (Å²) >= 11 is 5.63. The Hall–Kier alpha value is -1.36. The van der Waals surface area contributed by atoms with Gasteiger partial charge >= 0.3 is 0 Å². The Morgan fingerprint density at radius 2 is 2.25 bits per heavy atom. The number of hydrogen-bond donors (Lipinski definition) is 0. The maximum Gasteiger partial charge on any atom is 0.0945 e. The van der Waals surface area contributed by atoms with E-state index in [1.165, 1.54) is 0 Å². The van der Waals surface area contributed by atoms with Crippen molar-refractivity contribution in [2.24, 2.45) is 0 Å². The molecule has 6 heteroatoms. The first-order valence-electron chi connectivity index (χ1n) is 5.29. The first-order valence-corrected chi connectivity index (χ1v) is 5.82. The summed E-state index contributed by atoms with van der Waals surface area (Å²) in [6.07, 6.45) is 9.31. The second-order valence-corrected chi connectivity index (χ2v) is 3.94. The molecule has 0 aliphatic carbocycles.